The van der Waals surface area contributed by atoms with Crippen molar-refractivity contribution in [3.63, 3.8) is 0 Å². The highest BCUT2D eigenvalue weighted by Gasteiger charge is 2.21. The quantitative estimate of drug-likeness (QED) is 0.512. The number of nitrogens with zero attached hydrogens (tertiary/aromatic N) is 4. The van der Waals surface area contributed by atoms with Crippen molar-refractivity contribution in [2.45, 2.75) is 33.4 Å². The van der Waals surface area contributed by atoms with Crippen molar-refractivity contribution < 1.29 is 13.5 Å². The molecule has 0 saturated carbocycles. The summed E-state index contributed by atoms with van der Waals surface area (Å²) in [7, 11) is 0. The molecule has 0 bridgehead atoms. The Hall–Kier alpha value is -3.70. The van der Waals surface area contributed by atoms with Crippen LogP contribution in [0.1, 0.15) is 37.1 Å². The maximum atomic E-state index is 14.4. The average Bonchev–Trinajstić information content (AvgIpc) is 2.81. The van der Waals surface area contributed by atoms with Crippen LogP contribution in [0.2, 0.25) is 0 Å². The van der Waals surface area contributed by atoms with Gasteiger partial charge >= 0.3 is 0 Å². The minimum absolute atomic E-state index is 0.00543. The van der Waals surface area contributed by atoms with Gasteiger partial charge in [-0.2, -0.15) is 5.26 Å². The number of aliphatic imine (C=N–C) groups is 1. The third kappa shape index (κ3) is 4.79. The second-order valence-corrected chi connectivity index (χ2v) is 6.91. The molecule has 0 N–H and O–H groups in total. The summed E-state index contributed by atoms with van der Waals surface area (Å²) in [6, 6.07) is 6.88. The summed E-state index contributed by atoms with van der Waals surface area (Å²) in [6.07, 6.45) is 6.89. The van der Waals surface area contributed by atoms with Gasteiger partial charge in [-0.1, -0.05) is 13.0 Å². The van der Waals surface area contributed by atoms with Crippen LogP contribution in [0.15, 0.2) is 69.8 Å². The third-order valence-corrected chi connectivity index (χ3v) is 4.99. The van der Waals surface area contributed by atoms with E-state index in [1.54, 1.807) is 31.3 Å². The van der Waals surface area contributed by atoms with Crippen molar-refractivity contribution in [2.75, 3.05) is 6.61 Å². The summed E-state index contributed by atoms with van der Waals surface area (Å²) < 4.78 is 35.2. The molecular weight excluding hydrogens is 414 g/mol. The Morgan fingerprint density at radius 1 is 1.44 bits per heavy atom. The topological polar surface area (TPSA) is 80.3 Å². The van der Waals surface area contributed by atoms with Crippen LogP contribution in [0.4, 0.5) is 8.78 Å². The van der Waals surface area contributed by atoms with E-state index in [2.05, 4.69) is 9.98 Å². The molecule has 3 rings (SSSR count). The lowest BCUT2D eigenvalue weighted by atomic mass is 9.96. The molecule has 3 heterocycles. The molecule has 6 nitrogen and oxygen atoms in total. The van der Waals surface area contributed by atoms with Gasteiger partial charge in [0.15, 0.2) is 0 Å². The molecule has 0 aromatic carbocycles. The van der Waals surface area contributed by atoms with Gasteiger partial charge in [0.25, 0.3) is 5.56 Å². The van der Waals surface area contributed by atoms with Gasteiger partial charge in [-0.25, -0.2) is 8.78 Å². The number of halogens is 2. The first-order chi connectivity index (χ1) is 15.5. The largest absolute Gasteiger partial charge is 0.371 e. The molecule has 2 aromatic heterocycles. The van der Waals surface area contributed by atoms with Crippen molar-refractivity contribution in [1.29, 1.82) is 5.26 Å². The summed E-state index contributed by atoms with van der Waals surface area (Å²) in [5.41, 5.74) is 1.43. The summed E-state index contributed by atoms with van der Waals surface area (Å²) in [5.74, 6) is -1.23. The smallest absolute Gasteiger partial charge is 0.263 e. The van der Waals surface area contributed by atoms with Crippen LogP contribution in [0, 0.1) is 11.3 Å². The molecule has 0 amide bonds. The van der Waals surface area contributed by atoms with Crippen molar-refractivity contribution >= 4 is 11.8 Å². The second-order valence-electron chi connectivity index (χ2n) is 6.91. The summed E-state index contributed by atoms with van der Waals surface area (Å²) in [4.78, 5) is 21.9. The van der Waals surface area contributed by atoms with Crippen LogP contribution in [-0.4, -0.2) is 22.4 Å². The molecule has 8 heteroatoms. The van der Waals surface area contributed by atoms with Gasteiger partial charge in [-0.05, 0) is 48.8 Å². The Labute approximate surface area is 184 Å². The minimum Gasteiger partial charge on any atom is -0.371 e. The molecule has 32 heavy (non-hydrogen) atoms. The first-order valence-corrected chi connectivity index (χ1v) is 10.1. The number of pyridine rings is 2. The minimum atomic E-state index is -0.703. The lowest BCUT2D eigenvalue weighted by Gasteiger charge is -2.20. The van der Waals surface area contributed by atoms with Gasteiger partial charge in [0.1, 0.15) is 17.7 Å². The van der Waals surface area contributed by atoms with E-state index in [0.29, 0.717) is 16.9 Å². The normalized spacial score (nSPS) is 17.0. The number of nitriles is 1. The van der Waals surface area contributed by atoms with Crippen LogP contribution >= 0.6 is 0 Å². The fraction of sp³-hybridized carbons (Fsp3) is 0.250. The Morgan fingerprint density at radius 2 is 2.25 bits per heavy atom. The van der Waals surface area contributed by atoms with E-state index >= 15 is 0 Å². The Bertz CT molecular complexity index is 1220. The number of fused-ring (bicyclic) bond motifs is 1. The third-order valence-electron chi connectivity index (χ3n) is 4.99. The van der Waals surface area contributed by atoms with Gasteiger partial charge in [0, 0.05) is 11.8 Å². The van der Waals surface area contributed by atoms with E-state index in [9.17, 15) is 18.8 Å². The number of hydrogen-bond acceptors (Lipinski definition) is 5. The molecule has 0 saturated heterocycles. The fourth-order valence-corrected chi connectivity index (χ4v) is 3.46. The van der Waals surface area contributed by atoms with Gasteiger partial charge in [0.2, 0.25) is 0 Å². The van der Waals surface area contributed by atoms with E-state index in [0.717, 1.165) is 6.21 Å². The van der Waals surface area contributed by atoms with Gasteiger partial charge in [0.05, 0.1) is 49.1 Å². The Morgan fingerprint density at radius 3 is 2.91 bits per heavy atom. The van der Waals surface area contributed by atoms with E-state index in [-0.39, 0.29) is 42.9 Å². The first-order valence-electron chi connectivity index (χ1n) is 10.1. The van der Waals surface area contributed by atoms with E-state index < -0.39 is 17.2 Å². The van der Waals surface area contributed by atoms with E-state index in [1.807, 2.05) is 6.07 Å². The SMILES string of the molecule is C/C=C(F)\C(C#N)=C(/CC)c1cc2c(n(-c3cccnc3)c1=O)COC/C=C(/F)C=NC2. The van der Waals surface area contributed by atoms with Crippen molar-refractivity contribution in [3.05, 3.63) is 87.1 Å². The number of rotatable bonds is 4. The molecule has 0 aliphatic carbocycles. The van der Waals surface area contributed by atoms with Crippen molar-refractivity contribution in [3.8, 4) is 11.8 Å². The molecule has 164 valence electrons. The average molecular weight is 436 g/mol. The zero-order valence-electron chi connectivity index (χ0n) is 17.8. The summed E-state index contributed by atoms with van der Waals surface area (Å²) in [6.45, 7) is 3.33. The van der Waals surface area contributed by atoms with Crippen LogP contribution in [0.3, 0.4) is 0 Å². The Balaban J connectivity index is 2.38. The molecular formula is C24H22F2N4O2. The van der Waals surface area contributed by atoms with Crippen LogP contribution in [0.5, 0.6) is 0 Å². The van der Waals surface area contributed by atoms with Crippen LogP contribution in [0.25, 0.3) is 11.3 Å². The molecule has 0 spiro atoms. The number of allylic oxidation sites excluding steroid dienone is 5. The monoisotopic (exact) mass is 436 g/mol. The molecule has 0 unspecified atom stereocenters. The second kappa shape index (κ2) is 10.6. The Kier molecular flexibility index (Phi) is 7.58. The molecule has 0 fully saturated rings. The number of hydrogen-bond donors (Lipinski definition) is 0. The van der Waals surface area contributed by atoms with Gasteiger partial charge < -0.3 is 4.74 Å². The summed E-state index contributed by atoms with van der Waals surface area (Å²) >= 11 is 0. The maximum absolute atomic E-state index is 14.4. The molecule has 1 aliphatic heterocycles. The molecule has 0 atom stereocenters. The molecule has 2 aromatic rings. The van der Waals surface area contributed by atoms with Crippen LogP contribution < -0.4 is 5.56 Å². The molecule has 1 aliphatic rings. The zero-order valence-corrected chi connectivity index (χ0v) is 17.8. The highest BCUT2D eigenvalue weighted by Crippen LogP contribution is 2.28. The zero-order chi connectivity index (χ0) is 23.1. The maximum Gasteiger partial charge on any atom is 0.263 e. The lowest BCUT2D eigenvalue weighted by Crippen LogP contribution is -2.28. The fourth-order valence-electron chi connectivity index (χ4n) is 3.46. The standard InChI is InChI=1S/C24H22F2N4O2/c1-3-19(21(11-27)22(26)4-2)20-10-16-12-29-13-17(25)7-9-32-15-23(16)30(24(20)31)18-6-5-8-28-14-18/h4-8,10,13-14H,3,9,12,15H2,1-2H3/b17-7+,21-19+,22-4+,29-13?. The lowest BCUT2D eigenvalue weighted by molar-refractivity contribution is 0.142. The van der Waals surface area contributed by atoms with Crippen molar-refractivity contribution in [2.24, 2.45) is 4.99 Å². The van der Waals surface area contributed by atoms with Crippen molar-refractivity contribution in [1.82, 2.24) is 9.55 Å². The molecule has 0 radical (unpaired) electrons. The van der Waals surface area contributed by atoms with Crippen LogP contribution in [-0.2, 0) is 17.9 Å². The van der Waals surface area contributed by atoms with E-state index in [4.69, 9.17) is 4.74 Å². The van der Waals surface area contributed by atoms with E-state index in [1.165, 1.54) is 29.8 Å². The number of ether oxygens (including phenoxy) is 1. The summed E-state index contributed by atoms with van der Waals surface area (Å²) in [5, 5.41) is 9.59. The van der Waals surface area contributed by atoms with Gasteiger partial charge in [-0.3, -0.25) is 19.3 Å². The predicted molar refractivity (Wildman–Crippen MR) is 119 cm³/mol. The predicted octanol–water partition coefficient (Wildman–Crippen LogP) is 4.75. The van der Waals surface area contributed by atoms with Gasteiger partial charge in [-0.15, -0.1) is 0 Å². The number of aromatic nitrogens is 2. The highest BCUT2D eigenvalue weighted by molar-refractivity contribution is 5.76. The highest BCUT2D eigenvalue weighted by atomic mass is 19.1. The first kappa shape index (κ1) is 23.0.